The van der Waals surface area contributed by atoms with Crippen molar-refractivity contribution < 1.29 is 13.2 Å². The molecule has 2 aromatic rings. The van der Waals surface area contributed by atoms with Crippen molar-refractivity contribution in [3.05, 3.63) is 45.6 Å². The lowest BCUT2D eigenvalue weighted by Gasteiger charge is -2.20. The second-order valence-electron chi connectivity index (χ2n) is 7.00. The van der Waals surface area contributed by atoms with E-state index in [0.29, 0.717) is 43.4 Å². The van der Waals surface area contributed by atoms with Gasteiger partial charge < -0.3 is 4.74 Å². The topological polar surface area (TPSA) is 86.4 Å². The summed E-state index contributed by atoms with van der Waals surface area (Å²) in [6.45, 7) is 1.70. The largest absolute Gasteiger partial charge is 0.383 e. The molecule has 0 fully saturated rings. The monoisotopic (exact) mass is 392 g/mol. The van der Waals surface area contributed by atoms with Crippen LogP contribution in [0.5, 0.6) is 0 Å². The van der Waals surface area contributed by atoms with Gasteiger partial charge in [0.05, 0.1) is 18.0 Å². The van der Waals surface area contributed by atoms with E-state index in [-0.39, 0.29) is 12.2 Å². The number of benzene rings is 1. The predicted molar refractivity (Wildman–Crippen MR) is 99.3 cm³/mol. The minimum Gasteiger partial charge on any atom is -0.383 e. The first-order valence-electron chi connectivity index (χ1n) is 9.28. The van der Waals surface area contributed by atoms with Crippen LogP contribution < -0.4 is 5.69 Å². The minimum atomic E-state index is -3.58. The van der Waals surface area contributed by atoms with Crippen molar-refractivity contribution in [3.63, 3.8) is 0 Å². The van der Waals surface area contributed by atoms with Crippen LogP contribution in [0.4, 0.5) is 0 Å². The van der Waals surface area contributed by atoms with E-state index in [1.54, 1.807) is 17.7 Å². The molecule has 8 nitrogen and oxygen atoms in total. The predicted octanol–water partition coefficient (Wildman–Crippen LogP) is 0.427. The van der Waals surface area contributed by atoms with Gasteiger partial charge in [0.1, 0.15) is 5.82 Å². The molecule has 0 radical (unpaired) electrons. The molecule has 0 unspecified atom stereocenters. The van der Waals surface area contributed by atoms with E-state index < -0.39 is 10.0 Å². The van der Waals surface area contributed by atoms with Crippen LogP contribution in [0.3, 0.4) is 0 Å². The molecule has 1 aliphatic carbocycles. The highest BCUT2D eigenvalue weighted by Gasteiger charge is 2.29. The summed E-state index contributed by atoms with van der Waals surface area (Å²) in [4.78, 5) is 12.8. The maximum absolute atomic E-state index is 13.1. The Bertz CT molecular complexity index is 1010. The summed E-state index contributed by atoms with van der Waals surface area (Å²) in [7, 11) is -2.00. The molecular formula is C18H24N4O4S. The van der Waals surface area contributed by atoms with Crippen molar-refractivity contribution >= 4 is 10.0 Å². The van der Waals surface area contributed by atoms with Gasteiger partial charge in [-0.1, -0.05) is 6.07 Å². The van der Waals surface area contributed by atoms with Crippen LogP contribution in [0.2, 0.25) is 0 Å². The van der Waals surface area contributed by atoms with E-state index in [9.17, 15) is 13.2 Å². The highest BCUT2D eigenvalue weighted by molar-refractivity contribution is 7.89. The normalized spacial score (nSPS) is 17.5. The minimum absolute atomic E-state index is 0.209. The smallest absolute Gasteiger partial charge is 0.346 e. The fourth-order valence-corrected chi connectivity index (χ4v) is 5.35. The molecule has 0 saturated carbocycles. The van der Waals surface area contributed by atoms with Crippen LogP contribution in [-0.2, 0) is 47.1 Å². The van der Waals surface area contributed by atoms with Crippen molar-refractivity contribution in [2.24, 2.45) is 0 Å². The third-order valence-corrected chi connectivity index (χ3v) is 7.27. The summed E-state index contributed by atoms with van der Waals surface area (Å²) in [6.07, 6.45) is 3.46. The molecule has 0 amide bonds. The number of nitrogens with zero attached hydrogens (tertiary/aromatic N) is 4. The average Bonchev–Trinajstić information content (AvgIpc) is 3.17. The third kappa shape index (κ3) is 3.35. The second kappa shape index (κ2) is 7.21. The number of rotatable bonds is 5. The van der Waals surface area contributed by atoms with Gasteiger partial charge in [0.25, 0.3) is 0 Å². The van der Waals surface area contributed by atoms with Crippen molar-refractivity contribution in [3.8, 4) is 0 Å². The maximum atomic E-state index is 13.1. The zero-order chi connectivity index (χ0) is 19.0. The van der Waals surface area contributed by atoms with E-state index in [2.05, 4.69) is 5.10 Å². The third-order valence-electron chi connectivity index (χ3n) is 5.37. The van der Waals surface area contributed by atoms with Gasteiger partial charge in [-0.3, -0.25) is 4.57 Å². The van der Waals surface area contributed by atoms with Crippen molar-refractivity contribution in [2.75, 3.05) is 26.8 Å². The fraction of sp³-hybridized carbons (Fsp3) is 0.556. The first kappa shape index (κ1) is 18.4. The summed E-state index contributed by atoms with van der Waals surface area (Å²) in [6, 6.07) is 5.46. The van der Waals surface area contributed by atoms with Crippen LogP contribution >= 0.6 is 0 Å². The molecule has 27 heavy (non-hydrogen) atoms. The number of aryl methyl sites for hydroxylation is 2. The number of ether oxygens (including phenoxy) is 1. The molecule has 1 aliphatic heterocycles. The van der Waals surface area contributed by atoms with E-state index in [1.807, 2.05) is 12.1 Å². The number of hydrogen-bond donors (Lipinski definition) is 0. The molecular weight excluding hydrogens is 368 g/mol. The molecule has 9 heteroatoms. The molecule has 0 spiro atoms. The van der Waals surface area contributed by atoms with Gasteiger partial charge >= 0.3 is 5.69 Å². The van der Waals surface area contributed by atoms with Crippen molar-refractivity contribution in [1.29, 1.82) is 0 Å². The van der Waals surface area contributed by atoms with E-state index >= 15 is 0 Å². The quantitative estimate of drug-likeness (QED) is 0.736. The first-order chi connectivity index (χ1) is 13.0. The number of sulfonamides is 1. The van der Waals surface area contributed by atoms with Gasteiger partial charge in [-0.2, -0.15) is 9.40 Å². The summed E-state index contributed by atoms with van der Waals surface area (Å²) in [5, 5.41) is 4.35. The van der Waals surface area contributed by atoms with Gasteiger partial charge in [0, 0.05) is 33.2 Å². The SMILES string of the molecule is COCCn1nc2n(c1=O)CCN(S(=O)(=O)c1ccc3c(c1)CCC3)CC2. The van der Waals surface area contributed by atoms with Gasteiger partial charge in [0.15, 0.2) is 0 Å². The zero-order valence-electron chi connectivity index (χ0n) is 15.4. The summed E-state index contributed by atoms with van der Waals surface area (Å²) < 4.78 is 35.6. The Labute approximate surface area is 158 Å². The Hall–Kier alpha value is -1.97. The molecule has 2 heterocycles. The van der Waals surface area contributed by atoms with E-state index in [0.717, 1.165) is 24.8 Å². The van der Waals surface area contributed by atoms with Crippen LogP contribution in [-0.4, -0.2) is 53.9 Å². The lowest BCUT2D eigenvalue weighted by Crippen LogP contribution is -2.35. The number of methoxy groups -OCH3 is 1. The molecule has 0 N–H and O–H groups in total. The summed E-state index contributed by atoms with van der Waals surface area (Å²) in [5.41, 5.74) is 2.18. The van der Waals surface area contributed by atoms with Gasteiger partial charge in [-0.05, 0) is 42.5 Å². The Morgan fingerprint density at radius 3 is 2.74 bits per heavy atom. The molecule has 1 aromatic carbocycles. The van der Waals surface area contributed by atoms with Crippen LogP contribution in [0.1, 0.15) is 23.4 Å². The zero-order valence-corrected chi connectivity index (χ0v) is 16.2. The van der Waals surface area contributed by atoms with E-state index in [4.69, 9.17) is 4.74 Å². The van der Waals surface area contributed by atoms with Crippen LogP contribution in [0, 0.1) is 0 Å². The van der Waals surface area contributed by atoms with Crippen LogP contribution in [0.15, 0.2) is 27.9 Å². The van der Waals surface area contributed by atoms with Gasteiger partial charge in [-0.25, -0.2) is 17.9 Å². The highest BCUT2D eigenvalue weighted by Crippen LogP contribution is 2.26. The average molecular weight is 392 g/mol. The number of fused-ring (bicyclic) bond motifs is 2. The Morgan fingerprint density at radius 2 is 1.93 bits per heavy atom. The van der Waals surface area contributed by atoms with E-state index in [1.165, 1.54) is 14.6 Å². The molecule has 146 valence electrons. The lowest BCUT2D eigenvalue weighted by molar-refractivity contribution is 0.182. The molecule has 4 rings (SSSR count). The maximum Gasteiger partial charge on any atom is 0.346 e. The molecule has 0 saturated heterocycles. The van der Waals surface area contributed by atoms with Crippen molar-refractivity contribution in [1.82, 2.24) is 18.7 Å². The Balaban J connectivity index is 1.55. The first-order valence-corrected chi connectivity index (χ1v) is 10.7. The Morgan fingerprint density at radius 1 is 1.11 bits per heavy atom. The van der Waals surface area contributed by atoms with Gasteiger partial charge in [-0.15, -0.1) is 0 Å². The van der Waals surface area contributed by atoms with Gasteiger partial charge in [0.2, 0.25) is 10.0 Å². The lowest BCUT2D eigenvalue weighted by atomic mass is 10.1. The standard InChI is InChI=1S/C18H24N4O4S/c1-26-12-11-22-18(23)21-10-9-20(8-7-17(21)19-22)27(24,25)16-6-5-14-3-2-4-15(14)13-16/h5-6,13H,2-4,7-12H2,1H3. The highest BCUT2D eigenvalue weighted by atomic mass is 32.2. The van der Waals surface area contributed by atoms with Crippen LogP contribution in [0.25, 0.3) is 0 Å². The summed E-state index contributed by atoms with van der Waals surface area (Å²) >= 11 is 0. The molecule has 1 aromatic heterocycles. The molecule has 2 aliphatic rings. The van der Waals surface area contributed by atoms with Crippen molar-refractivity contribution in [2.45, 2.75) is 43.7 Å². The Kier molecular flexibility index (Phi) is 4.92. The summed E-state index contributed by atoms with van der Waals surface area (Å²) in [5.74, 6) is 0.628. The fourth-order valence-electron chi connectivity index (χ4n) is 3.87. The molecule has 0 atom stereocenters. The second-order valence-corrected chi connectivity index (χ2v) is 8.94. The molecule has 0 bridgehead atoms. The number of aromatic nitrogens is 3. The number of hydrogen-bond acceptors (Lipinski definition) is 5.